The van der Waals surface area contributed by atoms with Gasteiger partial charge >= 0.3 is 0 Å². The highest BCUT2D eigenvalue weighted by molar-refractivity contribution is 7.97. The molecule has 37 heavy (non-hydrogen) atoms. The SMILES string of the molecule is C=C(c1cccc(C)n1)C12CC(=CN)C(=Nc3ccc(F)cc3)C=C1CCN(Sc1cccc(C)c1)C2. The van der Waals surface area contributed by atoms with Crippen LogP contribution in [0.2, 0.25) is 0 Å². The van der Waals surface area contributed by atoms with Crippen LogP contribution in [0.25, 0.3) is 5.57 Å². The maximum absolute atomic E-state index is 13.5. The van der Waals surface area contributed by atoms with Gasteiger partial charge in [-0.2, -0.15) is 0 Å². The number of hydrogen-bond donors (Lipinski definition) is 1. The Kier molecular flexibility index (Phi) is 7.13. The van der Waals surface area contributed by atoms with E-state index in [9.17, 15) is 4.39 Å². The molecule has 0 amide bonds. The van der Waals surface area contributed by atoms with E-state index in [0.717, 1.165) is 47.8 Å². The summed E-state index contributed by atoms with van der Waals surface area (Å²) < 4.78 is 15.9. The summed E-state index contributed by atoms with van der Waals surface area (Å²) in [5, 5.41) is 0. The highest BCUT2D eigenvalue weighted by atomic mass is 32.2. The number of nitrogens with two attached hydrogens (primary N) is 1. The molecule has 5 rings (SSSR count). The first kappa shape index (κ1) is 25.2. The van der Waals surface area contributed by atoms with Gasteiger partial charge in [-0.3, -0.25) is 4.98 Å². The van der Waals surface area contributed by atoms with Crippen LogP contribution in [0.3, 0.4) is 0 Å². The lowest BCUT2D eigenvalue weighted by molar-refractivity contribution is 0.288. The second kappa shape index (κ2) is 10.5. The summed E-state index contributed by atoms with van der Waals surface area (Å²) in [6.07, 6.45) is 5.38. The van der Waals surface area contributed by atoms with Gasteiger partial charge in [0.25, 0.3) is 0 Å². The zero-order valence-electron chi connectivity index (χ0n) is 21.2. The minimum atomic E-state index is -0.358. The van der Waals surface area contributed by atoms with Gasteiger partial charge in [-0.25, -0.2) is 13.7 Å². The normalized spacial score (nSPS) is 22.1. The van der Waals surface area contributed by atoms with Crippen molar-refractivity contribution in [1.82, 2.24) is 9.29 Å². The summed E-state index contributed by atoms with van der Waals surface area (Å²) in [6, 6.07) is 20.9. The number of hydrogen-bond acceptors (Lipinski definition) is 5. The molecule has 6 heteroatoms. The van der Waals surface area contributed by atoms with Crippen LogP contribution >= 0.6 is 11.9 Å². The van der Waals surface area contributed by atoms with Crippen LogP contribution in [-0.2, 0) is 0 Å². The zero-order valence-corrected chi connectivity index (χ0v) is 22.1. The predicted octanol–water partition coefficient (Wildman–Crippen LogP) is 7.20. The molecule has 1 saturated heterocycles. The van der Waals surface area contributed by atoms with Crippen LogP contribution in [-0.4, -0.2) is 28.1 Å². The third-order valence-electron chi connectivity index (χ3n) is 7.10. The summed E-state index contributed by atoms with van der Waals surface area (Å²) in [5.74, 6) is -0.278. The zero-order chi connectivity index (χ0) is 26.0. The van der Waals surface area contributed by atoms with E-state index in [1.807, 2.05) is 25.1 Å². The molecule has 4 nitrogen and oxygen atoms in total. The molecule has 2 heterocycles. The Hall–Kier alpha value is -3.48. The van der Waals surface area contributed by atoms with Gasteiger partial charge in [0.1, 0.15) is 5.82 Å². The molecule has 1 aliphatic heterocycles. The van der Waals surface area contributed by atoms with Gasteiger partial charge in [-0.1, -0.05) is 30.4 Å². The van der Waals surface area contributed by atoms with Crippen LogP contribution in [0.4, 0.5) is 10.1 Å². The monoisotopic (exact) mass is 510 g/mol. The molecule has 0 spiro atoms. The summed E-state index contributed by atoms with van der Waals surface area (Å²) in [4.78, 5) is 10.9. The number of aromatic nitrogens is 1. The minimum absolute atomic E-state index is 0.278. The fourth-order valence-electron chi connectivity index (χ4n) is 5.17. The van der Waals surface area contributed by atoms with E-state index in [-0.39, 0.29) is 11.2 Å². The number of piperidine rings is 1. The Labute approximate surface area is 222 Å². The quantitative estimate of drug-likeness (QED) is 0.369. The highest BCUT2D eigenvalue weighted by Crippen LogP contribution is 2.53. The number of nitrogens with zero attached hydrogens (tertiary/aromatic N) is 3. The Morgan fingerprint density at radius 3 is 2.65 bits per heavy atom. The summed E-state index contributed by atoms with van der Waals surface area (Å²) in [6.45, 7) is 10.4. The second-order valence-electron chi connectivity index (χ2n) is 9.76. The molecule has 3 aromatic rings. The summed E-state index contributed by atoms with van der Waals surface area (Å²) in [5.41, 5.74) is 13.7. The number of pyridine rings is 1. The molecule has 1 atom stereocenters. The molecule has 1 fully saturated rings. The van der Waals surface area contributed by atoms with Crippen LogP contribution < -0.4 is 5.73 Å². The van der Waals surface area contributed by atoms with Gasteiger partial charge in [-0.15, -0.1) is 0 Å². The van der Waals surface area contributed by atoms with E-state index in [1.165, 1.54) is 28.2 Å². The number of fused-ring (bicyclic) bond motifs is 1. The Morgan fingerprint density at radius 1 is 1.14 bits per heavy atom. The lowest BCUT2D eigenvalue weighted by Gasteiger charge is -2.48. The maximum atomic E-state index is 13.5. The van der Waals surface area contributed by atoms with Crippen molar-refractivity contribution in [1.29, 1.82) is 0 Å². The Morgan fingerprint density at radius 2 is 1.92 bits per heavy atom. The number of aryl methyl sites for hydroxylation is 2. The van der Waals surface area contributed by atoms with Crippen LogP contribution in [0.5, 0.6) is 0 Å². The maximum Gasteiger partial charge on any atom is 0.123 e. The molecule has 0 radical (unpaired) electrons. The van der Waals surface area contributed by atoms with Gasteiger partial charge in [0.2, 0.25) is 0 Å². The molecule has 1 aliphatic carbocycles. The number of halogens is 1. The summed E-state index contributed by atoms with van der Waals surface area (Å²) in [7, 11) is 0. The molecule has 1 aromatic heterocycles. The van der Waals surface area contributed by atoms with Crippen molar-refractivity contribution in [3.05, 3.63) is 119 Å². The summed E-state index contributed by atoms with van der Waals surface area (Å²) >= 11 is 1.79. The number of benzene rings is 2. The van der Waals surface area contributed by atoms with E-state index in [0.29, 0.717) is 12.1 Å². The molecule has 2 aliphatic rings. The lowest BCUT2D eigenvalue weighted by atomic mass is 9.63. The first-order chi connectivity index (χ1) is 17.9. The van der Waals surface area contributed by atoms with Gasteiger partial charge in [-0.05, 0) is 116 Å². The number of allylic oxidation sites excluding steroid dienone is 2. The van der Waals surface area contributed by atoms with E-state index in [2.05, 4.69) is 48.1 Å². The standard InChI is InChI=1S/C31H31FN4S/c1-21-6-4-8-28(16-21)37-36-15-14-25-17-30(35-27-12-10-26(32)11-13-27)24(19-33)18-31(25,20-36)23(3)29-9-5-7-22(2)34-29/h4-13,16-17,19H,3,14-15,18,20,33H2,1-2H3. The Balaban J connectivity index is 1.56. The van der Waals surface area contributed by atoms with E-state index >= 15 is 0 Å². The van der Waals surface area contributed by atoms with Crippen LogP contribution in [0, 0.1) is 25.1 Å². The van der Waals surface area contributed by atoms with Crippen molar-refractivity contribution in [2.24, 2.45) is 16.1 Å². The van der Waals surface area contributed by atoms with Crippen molar-refractivity contribution < 1.29 is 4.39 Å². The smallest absolute Gasteiger partial charge is 0.123 e. The molecule has 188 valence electrons. The second-order valence-corrected chi connectivity index (χ2v) is 10.9. The Bertz CT molecular complexity index is 1420. The van der Waals surface area contributed by atoms with Crippen molar-refractivity contribution in [3.63, 3.8) is 0 Å². The predicted molar refractivity (Wildman–Crippen MR) is 152 cm³/mol. The molecule has 2 aromatic carbocycles. The average Bonchev–Trinajstić information content (AvgIpc) is 2.89. The van der Waals surface area contributed by atoms with Crippen LogP contribution in [0.15, 0.2) is 107 Å². The molecule has 0 bridgehead atoms. The molecule has 1 unspecified atom stereocenters. The third kappa shape index (κ3) is 5.31. The van der Waals surface area contributed by atoms with Crippen molar-refractivity contribution in [2.75, 3.05) is 13.1 Å². The van der Waals surface area contributed by atoms with E-state index in [4.69, 9.17) is 15.7 Å². The largest absolute Gasteiger partial charge is 0.404 e. The first-order valence-electron chi connectivity index (χ1n) is 12.5. The number of aliphatic imine (C=N–C) groups is 1. The topological polar surface area (TPSA) is 54.5 Å². The highest BCUT2D eigenvalue weighted by Gasteiger charge is 2.46. The fraction of sp³-hybridized carbons (Fsp3) is 0.226. The van der Waals surface area contributed by atoms with Crippen molar-refractivity contribution >= 4 is 28.9 Å². The van der Waals surface area contributed by atoms with Crippen molar-refractivity contribution in [3.8, 4) is 0 Å². The van der Waals surface area contributed by atoms with Gasteiger partial charge < -0.3 is 5.73 Å². The molecular formula is C31H31FN4S. The van der Waals surface area contributed by atoms with E-state index in [1.54, 1.807) is 30.3 Å². The first-order valence-corrected chi connectivity index (χ1v) is 13.2. The van der Waals surface area contributed by atoms with Gasteiger partial charge in [0.05, 0.1) is 17.1 Å². The molecular weight excluding hydrogens is 479 g/mol. The van der Waals surface area contributed by atoms with Crippen molar-refractivity contribution in [2.45, 2.75) is 31.6 Å². The molecule has 0 saturated carbocycles. The van der Waals surface area contributed by atoms with Gasteiger partial charge in [0, 0.05) is 29.1 Å². The lowest BCUT2D eigenvalue weighted by Crippen LogP contribution is -2.45. The van der Waals surface area contributed by atoms with E-state index < -0.39 is 0 Å². The average molecular weight is 511 g/mol. The molecule has 2 N–H and O–H groups in total. The third-order valence-corrected chi connectivity index (χ3v) is 8.13. The fourth-order valence-corrected chi connectivity index (χ4v) is 6.32. The van der Waals surface area contributed by atoms with Crippen LogP contribution in [0.1, 0.15) is 29.8 Å². The number of rotatable bonds is 5. The van der Waals surface area contributed by atoms with Gasteiger partial charge in [0.15, 0.2) is 0 Å². The minimum Gasteiger partial charge on any atom is -0.404 e.